The van der Waals surface area contributed by atoms with Gasteiger partial charge in [0.1, 0.15) is 4.88 Å². The molecule has 0 bridgehead atoms. The molecule has 26 heavy (non-hydrogen) atoms. The van der Waals surface area contributed by atoms with E-state index in [2.05, 4.69) is 5.32 Å². The predicted molar refractivity (Wildman–Crippen MR) is 102 cm³/mol. The lowest BCUT2D eigenvalue weighted by molar-refractivity contribution is -0.385. The minimum Gasteiger partial charge on any atom is -0.448 e. The van der Waals surface area contributed by atoms with Crippen molar-refractivity contribution in [3.63, 3.8) is 0 Å². The fourth-order valence-corrected chi connectivity index (χ4v) is 3.16. The standard InChI is InChI=1S/C18H13ClN2O4S/c1-11-12(19)5-4-6-13(11)20-18(22)17-16(9-10-26-17)25-15-8-3-2-7-14(15)21(23)24/h2-10H,1H3,(H,20,22). The van der Waals surface area contributed by atoms with E-state index in [0.29, 0.717) is 15.6 Å². The van der Waals surface area contributed by atoms with Crippen molar-refractivity contribution in [2.45, 2.75) is 6.92 Å². The van der Waals surface area contributed by atoms with Crippen LogP contribution in [-0.2, 0) is 0 Å². The first-order chi connectivity index (χ1) is 12.5. The van der Waals surface area contributed by atoms with Crippen molar-refractivity contribution in [2.24, 2.45) is 0 Å². The second-order valence-electron chi connectivity index (χ2n) is 5.31. The summed E-state index contributed by atoms with van der Waals surface area (Å²) in [5.74, 6) is -0.0516. The molecule has 0 saturated heterocycles. The Balaban J connectivity index is 1.86. The van der Waals surface area contributed by atoms with E-state index in [4.69, 9.17) is 16.3 Å². The lowest BCUT2D eigenvalue weighted by Crippen LogP contribution is -2.12. The largest absolute Gasteiger partial charge is 0.448 e. The predicted octanol–water partition coefficient (Wildman–Crippen LogP) is 5.66. The highest BCUT2D eigenvalue weighted by Crippen LogP contribution is 2.35. The topological polar surface area (TPSA) is 81.5 Å². The second kappa shape index (κ2) is 7.55. The van der Waals surface area contributed by atoms with Crippen LogP contribution in [0.5, 0.6) is 11.5 Å². The molecule has 3 rings (SSSR count). The molecule has 0 unspecified atom stereocenters. The smallest absolute Gasteiger partial charge is 0.311 e. The number of ether oxygens (including phenoxy) is 1. The summed E-state index contributed by atoms with van der Waals surface area (Å²) in [5.41, 5.74) is 1.17. The summed E-state index contributed by atoms with van der Waals surface area (Å²) in [6.45, 7) is 1.80. The molecule has 0 atom stereocenters. The molecule has 0 aliphatic carbocycles. The van der Waals surface area contributed by atoms with Crippen molar-refractivity contribution >= 4 is 40.2 Å². The van der Waals surface area contributed by atoms with E-state index in [1.165, 1.54) is 23.5 Å². The Bertz CT molecular complexity index is 987. The molecule has 6 nitrogen and oxygen atoms in total. The molecule has 3 aromatic rings. The average Bonchev–Trinajstić information content (AvgIpc) is 3.07. The molecule has 0 fully saturated rings. The van der Waals surface area contributed by atoms with E-state index < -0.39 is 4.92 Å². The number of benzene rings is 2. The van der Waals surface area contributed by atoms with E-state index in [9.17, 15) is 14.9 Å². The SMILES string of the molecule is Cc1c(Cl)cccc1NC(=O)c1sccc1Oc1ccccc1[N+](=O)[O-]. The fraction of sp³-hybridized carbons (Fsp3) is 0.0556. The Morgan fingerprint density at radius 3 is 2.69 bits per heavy atom. The normalized spacial score (nSPS) is 10.4. The summed E-state index contributed by atoms with van der Waals surface area (Å²) >= 11 is 7.25. The summed E-state index contributed by atoms with van der Waals surface area (Å²) in [5, 5.41) is 16.1. The number of nitrogens with zero attached hydrogens (tertiary/aromatic N) is 1. The van der Waals surface area contributed by atoms with Crippen molar-refractivity contribution < 1.29 is 14.5 Å². The van der Waals surface area contributed by atoms with Gasteiger partial charge in [0.2, 0.25) is 5.75 Å². The van der Waals surface area contributed by atoms with Crippen LogP contribution in [0.3, 0.4) is 0 Å². The van der Waals surface area contributed by atoms with Crippen LogP contribution in [0.25, 0.3) is 0 Å². The van der Waals surface area contributed by atoms with Gasteiger partial charge in [-0.05, 0) is 42.1 Å². The number of rotatable bonds is 5. The molecule has 0 saturated carbocycles. The average molecular weight is 389 g/mol. The Hall–Kier alpha value is -2.90. The highest BCUT2D eigenvalue weighted by molar-refractivity contribution is 7.12. The number of carbonyl (C=O) groups is 1. The zero-order valence-corrected chi connectivity index (χ0v) is 15.1. The van der Waals surface area contributed by atoms with Crippen LogP contribution in [-0.4, -0.2) is 10.8 Å². The molecule has 8 heteroatoms. The zero-order chi connectivity index (χ0) is 18.7. The van der Waals surface area contributed by atoms with Gasteiger partial charge in [-0.1, -0.05) is 29.8 Å². The number of para-hydroxylation sites is 2. The number of thiophene rings is 1. The zero-order valence-electron chi connectivity index (χ0n) is 13.6. The molecule has 132 valence electrons. The molecular formula is C18H13ClN2O4S. The Morgan fingerprint density at radius 2 is 1.92 bits per heavy atom. The van der Waals surface area contributed by atoms with E-state index in [1.54, 1.807) is 48.7 Å². The molecule has 2 aromatic carbocycles. The van der Waals surface area contributed by atoms with Gasteiger partial charge in [-0.3, -0.25) is 14.9 Å². The van der Waals surface area contributed by atoms with E-state index in [1.807, 2.05) is 0 Å². The summed E-state index contributed by atoms with van der Waals surface area (Å²) < 4.78 is 5.64. The first-order valence-corrected chi connectivity index (χ1v) is 8.78. The van der Waals surface area contributed by atoms with Crippen LogP contribution in [0.2, 0.25) is 5.02 Å². The van der Waals surface area contributed by atoms with Crippen molar-refractivity contribution in [2.75, 3.05) is 5.32 Å². The summed E-state index contributed by atoms with van der Waals surface area (Å²) in [6, 6.07) is 12.8. The van der Waals surface area contributed by atoms with Gasteiger partial charge < -0.3 is 10.1 Å². The maximum atomic E-state index is 12.6. The molecule has 1 N–H and O–H groups in total. The Labute approximate surface area is 158 Å². The number of nitro benzene ring substituents is 1. The van der Waals surface area contributed by atoms with Gasteiger partial charge in [0.05, 0.1) is 4.92 Å². The van der Waals surface area contributed by atoms with Gasteiger partial charge in [-0.2, -0.15) is 0 Å². The number of nitrogens with one attached hydrogen (secondary N) is 1. The second-order valence-corrected chi connectivity index (χ2v) is 6.63. The summed E-state index contributed by atoms with van der Waals surface area (Å²) in [4.78, 5) is 23.5. The number of hydrogen-bond acceptors (Lipinski definition) is 5. The minimum atomic E-state index is -0.531. The number of hydrogen-bond donors (Lipinski definition) is 1. The number of halogens is 1. The third-order valence-corrected chi connectivity index (χ3v) is 4.94. The number of anilines is 1. The van der Waals surface area contributed by atoms with Crippen LogP contribution < -0.4 is 10.1 Å². The molecule has 0 spiro atoms. The van der Waals surface area contributed by atoms with Gasteiger partial charge >= 0.3 is 5.69 Å². The van der Waals surface area contributed by atoms with Crippen LogP contribution in [0.4, 0.5) is 11.4 Å². The molecule has 1 amide bonds. The van der Waals surface area contributed by atoms with Crippen molar-refractivity contribution in [1.82, 2.24) is 0 Å². The van der Waals surface area contributed by atoms with Gasteiger partial charge in [0, 0.05) is 16.8 Å². The Kier molecular flexibility index (Phi) is 5.20. The van der Waals surface area contributed by atoms with Crippen LogP contribution in [0.1, 0.15) is 15.2 Å². The summed E-state index contributed by atoms with van der Waals surface area (Å²) in [7, 11) is 0. The van der Waals surface area contributed by atoms with E-state index in [-0.39, 0.29) is 23.1 Å². The lowest BCUT2D eigenvalue weighted by atomic mass is 10.2. The number of carbonyl (C=O) groups excluding carboxylic acids is 1. The van der Waals surface area contributed by atoms with Crippen molar-refractivity contribution in [3.8, 4) is 11.5 Å². The third kappa shape index (κ3) is 3.68. The first-order valence-electron chi connectivity index (χ1n) is 7.52. The fourth-order valence-electron chi connectivity index (χ4n) is 2.28. The third-order valence-electron chi connectivity index (χ3n) is 3.63. The maximum Gasteiger partial charge on any atom is 0.311 e. The van der Waals surface area contributed by atoms with Gasteiger partial charge in [0.25, 0.3) is 5.91 Å². The molecule has 0 radical (unpaired) electrons. The monoisotopic (exact) mass is 388 g/mol. The molecule has 1 aromatic heterocycles. The first kappa shape index (κ1) is 17.9. The van der Waals surface area contributed by atoms with E-state index >= 15 is 0 Å². The quantitative estimate of drug-likeness (QED) is 0.451. The lowest BCUT2D eigenvalue weighted by Gasteiger charge is -2.10. The van der Waals surface area contributed by atoms with E-state index in [0.717, 1.165) is 5.56 Å². The number of amides is 1. The maximum absolute atomic E-state index is 12.6. The van der Waals surface area contributed by atoms with Crippen LogP contribution in [0.15, 0.2) is 53.9 Å². The molecule has 1 heterocycles. The van der Waals surface area contributed by atoms with Crippen LogP contribution in [0, 0.1) is 17.0 Å². The molecular weight excluding hydrogens is 376 g/mol. The van der Waals surface area contributed by atoms with Crippen molar-refractivity contribution in [3.05, 3.63) is 79.5 Å². The minimum absolute atomic E-state index is 0.0730. The highest BCUT2D eigenvalue weighted by Gasteiger charge is 2.20. The molecule has 0 aliphatic heterocycles. The van der Waals surface area contributed by atoms with Gasteiger partial charge in [-0.15, -0.1) is 11.3 Å². The van der Waals surface area contributed by atoms with Crippen molar-refractivity contribution in [1.29, 1.82) is 0 Å². The molecule has 0 aliphatic rings. The Morgan fingerprint density at radius 1 is 1.15 bits per heavy atom. The summed E-state index contributed by atoms with van der Waals surface area (Å²) in [6.07, 6.45) is 0. The number of nitro groups is 1. The van der Waals surface area contributed by atoms with Gasteiger partial charge in [-0.25, -0.2) is 0 Å². The van der Waals surface area contributed by atoms with Crippen LogP contribution >= 0.6 is 22.9 Å². The highest BCUT2D eigenvalue weighted by atomic mass is 35.5. The van der Waals surface area contributed by atoms with Gasteiger partial charge in [0.15, 0.2) is 5.75 Å².